The van der Waals surface area contributed by atoms with Crippen LogP contribution in [0.4, 0.5) is 0 Å². The van der Waals surface area contributed by atoms with E-state index in [2.05, 4.69) is 44.4 Å². The van der Waals surface area contributed by atoms with Gasteiger partial charge in [0.05, 0.1) is 6.61 Å². The van der Waals surface area contributed by atoms with E-state index < -0.39 is 0 Å². The van der Waals surface area contributed by atoms with Crippen molar-refractivity contribution in [3.8, 4) is 0 Å². The molecule has 0 unspecified atom stereocenters. The number of likely N-dealkylation sites (N-methyl/N-ethyl adjacent to an activating group) is 1. The number of hydrogen-bond donors (Lipinski definition) is 0. The predicted molar refractivity (Wildman–Crippen MR) is 234 cm³/mol. The molecule has 0 atom stereocenters. The first-order valence-corrected chi connectivity index (χ1v) is 24.3. The lowest BCUT2D eigenvalue weighted by atomic mass is 10.0. The van der Waals surface area contributed by atoms with Crippen molar-refractivity contribution in [2.24, 2.45) is 0 Å². The molecular formula is C48H96N2O4. The minimum absolute atomic E-state index is 0.00487. The lowest BCUT2D eigenvalue weighted by molar-refractivity contribution is -0.150. The SMILES string of the molecule is CCCCCCCCCOC(=O)CCCCCCCN(CCCCCCCC(=O)OC(CCCCCCCC)CCCCCCCC)CCN(CC)CC. The molecule has 0 saturated carbocycles. The van der Waals surface area contributed by atoms with E-state index in [1.54, 1.807) is 0 Å². The fourth-order valence-electron chi connectivity index (χ4n) is 7.56. The van der Waals surface area contributed by atoms with Gasteiger partial charge in [0.15, 0.2) is 0 Å². The number of carbonyl (C=O) groups is 2. The molecule has 0 heterocycles. The Morgan fingerprint density at radius 3 is 1.22 bits per heavy atom. The summed E-state index contributed by atoms with van der Waals surface area (Å²) in [6, 6.07) is 0. The molecule has 0 amide bonds. The van der Waals surface area contributed by atoms with E-state index in [4.69, 9.17) is 9.47 Å². The molecule has 322 valence electrons. The van der Waals surface area contributed by atoms with Crippen molar-refractivity contribution < 1.29 is 19.1 Å². The second-order valence-corrected chi connectivity index (χ2v) is 16.5. The van der Waals surface area contributed by atoms with Crippen LogP contribution < -0.4 is 0 Å². The van der Waals surface area contributed by atoms with Crippen LogP contribution in [0.5, 0.6) is 0 Å². The largest absolute Gasteiger partial charge is 0.466 e. The molecule has 0 bridgehead atoms. The van der Waals surface area contributed by atoms with Gasteiger partial charge >= 0.3 is 11.9 Å². The number of unbranched alkanes of at least 4 members (excludes halogenated alkanes) is 24. The van der Waals surface area contributed by atoms with E-state index in [0.717, 1.165) is 71.1 Å². The van der Waals surface area contributed by atoms with Crippen LogP contribution in [0.1, 0.15) is 247 Å². The van der Waals surface area contributed by atoms with Gasteiger partial charge in [0, 0.05) is 25.9 Å². The fourth-order valence-corrected chi connectivity index (χ4v) is 7.56. The third kappa shape index (κ3) is 37.8. The number of ether oxygens (including phenoxy) is 2. The van der Waals surface area contributed by atoms with E-state index in [-0.39, 0.29) is 18.0 Å². The number of nitrogens with zero attached hydrogens (tertiary/aromatic N) is 2. The molecular weight excluding hydrogens is 669 g/mol. The van der Waals surface area contributed by atoms with E-state index >= 15 is 0 Å². The third-order valence-corrected chi connectivity index (χ3v) is 11.4. The van der Waals surface area contributed by atoms with Crippen LogP contribution in [0.15, 0.2) is 0 Å². The number of esters is 2. The molecule has 6 nitrogen and oxygen atoms in total. The van der Waals surface area contributed by atoms with Gasteiger partial charge in [-0.1, -0.05) is 176 Å². The van der Waals surface area contributed by atoms with E-state index in [1.165, 1.54) is 167 Å². The standard InChI is InChI=1S/C48H96N2O4/c1-6-11-14-17-20-29-36-45-53-47(51)39-32-25-21-27-34-41-50(44-43-49(9-4)10-5)42-35-28-22-26-33-40-48(52)54-46(37-30-23-18-15-12-7-2)38-31-24-19-16-13-8-3/h46H,6-45H2,1-5H3. The molecule has 0 aromatic rings. The third-order valence-electron chi connectivity index (χ3n) is 11.4. The van der Waals surface area contributed by atoms with Gasteiger partial charge in [0.25, 0.3) is 0 Å². The highest BCUT2D eigenvalue weighted by atomic mass is 16.5. The van der Waals surface area contributed by atoms with Crippen molar-refractivity contribution in [1.29, 1.82) is 0 Å². The summed E-state index contributed by atoms with van der Waals surface area (Å²) in [7, 11) is 0. The minimum Gasteiger partial charge on any atom is -0.466 e. The lowest BCUT2D eigenvalue weighted by Gasteiger charge is -2.26. The first kappa shape index (κ1) is 52.9. The van der Waals surface area contributed by atoms with Gasteiger partial charge in [-0.15, -0.1) is 0 Å². The van der Waals surface area contributed by atoms with Gasteiger partial charge in [0.1, 0.15) is 6.10 Å². The Bertz CT molecular complexity index is 758. The summed E-state index contributed by atoms with van der Waals surface area (Å²) in [5, 5.41) is 0. The Morgan fingerprint density at radius 2 is 0.759 bits per heavy atom. The lowest BCUT2D eigenvalue weighted by Crippen LogP contribution is -2.36. The Kier molecular flexibility index (Phi) is 42.1. The normalized spacial score (nSPS) is 11.7. The van der Waals surface area contributed by atoms with Crippen LogP contribution in [0, 0.1) is 0 Å². The quantitative estimate of drug-likeness (QED) is 0.0455. The molecule has 0 aliphatic rings. The average molecular weight is 765 g/mol. The van der Waals surface area contributed by atoms with Gasteiger partial charge in [-0.05, 0) is 84.0 Å². The molecule has 0 aromatic heterocycles. The topological polar surface area (TPSA) is 59.1 Å². The second kappa shape index (κ2) is 43.0. The summed E-state index contributed by atoms with van der Waals surface area (Å²) in [6.07, 6.45) is 39.2. The van der Waals surface area contributed by atoms with Crippen LogP contribution >= 0.6 is 0 Å². The molecule has 54 heavy (non-hydrogen) atoms. The molecule has 0 spiro atoms. The van der Waals surface area contributed by atoms with Crippen molar-refractivity contribution in [2.75, 3.05) is 45.9 Å². The smallest absolute Gasteiger partial charge is 0.306 e. The van der Waals surface area contributed by atoms with Crippen LogP contribution in [0.3, 0.4) is 0 Å². The molecule has 0 N–H and O–H groups in total. The highest BCUT2D eigenvalue weighted by molar-refractivity contribution is 5.69. The zero-order chi connectivity index (χ0) is 39.6. The van der Waals surface area contributed by atoms with Gasteiger partial charge in [-0.3, -0.25) is 9.59 Å². The van der Waals surface area contributed by atoms with Crippen LogP contribution in [0.25, 0.3) is 0 Å². The van der Waals surface area contributed by atoms with Crippen molar-refractivity contribution >= 4 is 11.9 Å². The Hall–Kier alpha value is -1.14. The van der Waals surface area contributed by atoms with Gasteiger partial charge < -0.3 is 19.3 Å². The summed E-state index contributed by atoms with van der Waals surface area (Å²) in [4.78, 5) is 30.1. The van der Waals surface area contributed by atoms with Crippen molar-refractivity contribution in [2.45, 2.75) is 253 Å². The first-order chi connectivity index (χ1) is 26.5. The monoisotopic (exact) mass is 765 g/mol. The molecule has 0 fully saturated rings. The van der Waals surface area contributed by atoms with Crippen molar-refractivity contribution in [1.82, 2.24) is 9.80 Å². The maximum absolute atomic E-state index is 12.8. The highest BCUT2D eigenvalue weighted by Crippen LogP contribution is 2.18. The number of hydrogen-bond acceptors (Lipinski definition) is 6. The molecule has 0 aliphatic carbocycles. The number of rotatable bonds is 44. The Morgan fingerprint density at radius 1 is 0.389 bits per heavy atom. The Balaban J connectivity index is 4.26. The summed E-state index contributed by atoms with van der Waals surface area (Å²) in [5.41, 5.74) is 0. The second-order valence-electron chi connectivity index (χ2n) is 16.5. The van der Waals surface area contributed by atoms with Crippen molar-refractivity contribution in [3.63, 3.8) is 0 Å². The molecule has 0 aliphatic heterocycles. The van der Waals surface area contributed by atoms with E-state index in [0.29, 0.717) is 19.4 Å². The van der Waals surface area contributed by atoms with Gasteiger partial charge in [-0.2, -0.15) is 0 Å². The van der Waals surface area contributed by atoms with Crippen LogP contribution in [-0.2, 0) is 19.1 Å². The molecule has 6 heteroatoms. The highest BCUT2D eigenvalue weighted by Gasteiger charge is 2.14. The molecule has 0 aromatic carbocycles. The maximum atomic E-state index is 12.8. The van der Waals surface area contributed by atoms with Gasteiger partial charge in [0.2, 0.25) is 0 Å². The van der Waals surface area contributed by atoms with Crippen LogP contribution in [0.2, 0.25) is 0 Å². The fraction of sp³-hybridized carbons (Fsp3) is 0.958. The molecule has 0 radical (unpaired) electrons. The van der Waals surface area contributed by atoms with Crippen LogP contribution in [-0.4, -0.2) is 73.7 Å². The molecule has 0 saturated heterocycles. The summed E-state index contributed by atoms with van der Waals surface area (Å²) in [6.45, 7) is 18.8. The predicted octanol–water partition coefficient (Wildman–Crippen LogP) is 14.0. The zero-order valence-corrected chi connectivity index (χ0v) is 37.4. The summed E-state index contributed by atoms with van der Waals surface area (Å²) < 4.78 is 11.5. The summed E-state index contributed by atoms with van der Waals surface area (Å²) in [5.74, 6) is 0.0352. The van der Waals surface area contributed by atoms with E-state index in [1.807, 2.05) is 0 Å². The first-order valence-electron chi connectivity index (χ1n) is 24.3. The number of carbonyl (C=O) groups excluding carboxylic acids is 2. The summed E-state index contributed by atoms with van der Waals surface area (Å²) >= 11 is 0. The average Bonchev–Trinajstić information content (AvgIpc) is 3.17. The zero-order valence-electron chi connectivity index (χ0n) is 37.4. The van der Waals surface area contributed by atoms with Crippen molar-refractivity contribution in [3.05, 3.63) is 0 Å². The minimum atomic E-state index is -0.00487. The van der Waals surface area contributed by atoms with E-state index in [9.17, 15) is 9.59 Å². The maximum Gasteiger partial charge on any atom is 0.306 e. The molecule has 0 rings (SSSR count). The van der Waals surface area contributed by atoms with Gasteiger partial charge in [-0.25, -0.2) is 0 Å². The Labute approximate surface area is 338 Å².